The standard InChI is InChI=1S/C20H14N4O4S/c25-19-17(29-20(26)23(19)12-13-5-2-1-3-6-13)10-15-11-21-22-18(15)14-7-4-8-16(9-14)24(27)28/h1-11,25H,12H2/b15-10-. The van der Waals surface area contributed by atoms with Crippen LogP contribution in [-0.4, -0.2) is 26.5 Å². The van der Waals surface area contributed by atoms with Crippen molar-refractivity contribution in [1.29, 1.82) is 0 Å². The van der Waals surface area contributed by atoms with E-state index in [4.69, 9.17) is 0 Å². The molecule has 0 amide bonds. The summed E-state index contributed by atoms with van der Waals surface area (Å²) in [6, 6.07) is 15.4. The molecule has 29 heavy (non-hydrogen) atoms. The largest absolute Gasteiger partial charge is 0.493 e. The van der Waals surface area contributed by atoms with Crippen LogP contribution in [0.15, 0.2) is 75.2 Å². The van der Waals surface area contributed by atoms with Crippen LogP contribution >= 0.6 is 11.3 Å². The number of rotatable bonds is 5. The first-order chi connectivity index (χ1) is 14.0. The van der Waals surface area contributed by atoms with Gasteiger partial charge in [-0.3, -0.25) is 19.5 Å². The highest BCUT2D eigenvalue weighted by molar-refractivity contribution is 7.10. The van der Waals surface area contributed by atoms with Gasteiger partial charge in [-0.15, -0.1) is 5.10 Å². The Balaban J connectivity index is 1.68. The van der Waals surface area contributed by atoms with Crippen LogP contribution in [0.3, 0.4) is 0 Å². The summed E-state index contributed by atoms with van der Waals surface area (Å²) < 4.78 is 1.29. The molecule has 9 heteroatoms. The van der Waals surface area contributed by atoms with Crippen molar-refractivity contribution in [3.05, 3.63) is 96.0 Å². The molecule has 0 spiro atoms. The number of aromatic nitrogens is 1. The molecule has 0 fully saturated rings. The number of nitro benzene ring substituents is 1. The van der Waals surface area contributed by atoms with E-state index in [1.54, 1.807) is 18.2 Å². The molecule has 0 saturated heterocycles. The SMILES string of the molecule is O=c1sc(/C=C2/C=NN=C2c2cccc([N+](=O)[O-])c2)c(O)n1Cc1ccccc1. The zero-order chi connectivity index (χ0) is 20.4. The lowest BCUT2D eigenvalue weighted by atomic mass is 10.0. The third-order valence-corrected chi connectivity index (χ3v) is 5.24. The number of aromatic hydroxyl groups is 1. The molecule has 0 aliphatic carbocycles. The van der Waals surface area contributed by atoms with Gasteiger partial charge < -0.3 is 5.11 Å². The summed E-state index contributed by atoms with van der Waals surface area (Å²) >= 11 is 0.908. The van der Waals surface area contributed by atoms with E-state index in [9.17, 15) is 20.0 Å². The number of nitro groups is 1. The van der Waals surface area contributed by atoms with Crippen molar-refractivity contribution in [2.24, 2.45) is 10.2 Å². The highest BCUT2D eigenvalue weighted by atomic mass is 32.1. The van der Waals surface area contributed by atoms with Gasteiger partial charge in [0.1, 0.15) is 5.71 Å². The molecule has 0 saturated carbocycles. The monoisotopic (exact) mass is 406 g/mol. The van der Waals surface area contributed by atoms with Crippen molar-refractivity contribution in [3.8, 4) is 5.88 Å². The van der Waals surface area contributed by atoms with Crippen LogP contribution in [0.2, 0.25) is 0 Å². The first-order valence-electron chi connectivity index (χ1n) is 8.57. The lowest BCUT2D eigenvalue weighted by Gasteiger charge is -2.04. The zero-order valence-corrected chi connectivity index (χ0v) is 15.7. The second kappa shape index (κ2) is 7.64. The summed E-state index contributed by atoms with van der Waals surface area (Å²) in [6.45, 7) is 0.255. The van der Waals surface area contributed by atoms with Crippen LogP contribution in [0.25, 0.3) is 6.08 Å². The maximum absolute atomic E-state index is 12.4. The van der Waals surface area contributed by atoms with Gasteiger partial charge in [-0.2, -0.15) is 5.10 Å². The molecule has 2 heterocycles. The minimum Gasteiger partial charge on any atom is -0.493 e. The molecular weight excluding hydrogens is 392 g/mol. The van der Waals surface area contributed by atoms with E-state index in [2.05, 4.69) is 10.2 Å². The fraction of sp³-hybridized carbons (Fsp3) is 0.0500. The molecule has 0 atom stereocenters. The Morgan fingerprint density at radius 3 is 2.72 bits per heavy atom. The van der Waals surface area contributed by atoms with Crippen molar-refractivity contribution in [3.63, 3.8) is 0 Å². The van der Waals surface area contributed by atoms with Gasteiger partial charge in [0.15, 0.2) is 0 Å². The number of hydrogen-bond donors (Lipinski definition) is 1. The van der Waals surface area contributed by atoms with Crippen LogP contribution in [-0.2, 0) is 6.54 Å². The summed E-state index contributed by atoms with van der Waals surface area (Å²) in [5.41, 5.74) is 2.34. The third-order valence-electron chi connectivity index (χ3n) is 4.32. The molecule has 0 unspecified atom stereocenters. The highest BCUT2D eigenvalue weighted by Crippen LogP contribution is 2.26. The van der Waals surface area contributed by atoms with Crippen molar-refractivity contribution >= 4 is 35.0 Å². The predicted molar refractivity (Wildman–Crippen MR) is 112 cm³/mol. The van der Waals surface area contributed by atoms with Gasteiger partial charge in [0.25, 0.3) is 5.69 Å². The second-order valence-electron chi connectivity index (χ2n) is 6.23. The molecular formula is C20H14N4O4S. The van der Waals surface area contributed by atoms with Gasteiger partial charge in [-0.05, 0) is 11.6 Å². The maximum atomic E-state index is 12.4. The number of non-ortho nitro benzene ring substituents is 1. The molecule has 8 nitrogen and oxygen atoms in total. The Kier molecular flexibility index (Phi) is 4.88. The molecule has 144 valence electrons. The molecule has 1 aromatic heterocycles. The molecule has 0 bridgehead atoms. The van der Waals surface area contributed by atoms with Crippen molar-refractivity contribution in [2.45, 2.75) is 6.54 Å². The van der Waals surface area contributed by atoms with Gasteiger partial charge in [0.2, 0.25) is 5.88 Å². The molecule has 2 aromatic carbocycles. The Morgan fingerprint density at radius 1 is 1.17 bits per heavy atom. The third kappa shape index (κ3) is 3.76. The van der Waals surface area contributed by atoms with Gasteiger partial charge in [-0.25, -0.2) is 0 Å². The topological polar surface area (TPSA) is 110 Å². The van der Waals surface area contributed by atoms with Crippen molar-refractivity contribution < 1.29 is 10.0 Å². The lowest BCUT2D eigenvalue weighted by Crippen LogP contribution is -2.13. The molecule has 1 N–H and O–H groups in total. The highest BCUT2D eigenvalue weighted by Gasteiger charge is 2.19. The number of nitrogens with zero attached hydrogens (tertiary/aromatic N) is 4. The van der Waals surface area contributed by atoms with Gasteiger partial charge >= 0.3 is 4.87 Å². The average Bonchev–Trinajstić information content (AvgIpc) is 3.29. The molecule has 4 rings (SSSR count). The van der Waals surface area contributed by atoms with E-state index in [1.807, 2.05) is 30.3 Å². The predicted octanol–water partition coefficient (Wildman–Crippen LogP) is 3.44. The second-order valence-corrected chi connectivity index (χ2v) is 7.22. The van der Waals surface area contributed by atoms with Crippen molar-refractivity contribution in [1.82, 2.24) is 4.57 Å². The van der Waals surface area contributed by atoms with Gasteiger partial charge in [0, 0.05) is 23.3 Å². The Bertz CT molecular complexity index is 1240. The molecule has 3 aromatic rings. The molecule has 0 radical (unpaired) electrons. The van der Waals surface area contributed by atoms with Crippen LogP contribution in [0, 0.1) is 10.1 Å². The first-order valence-corrected chi connectivity index (χ1v) is 9.39. The summed E-state index contributed by atoms with van der Waals surface area (Å²) in [7, 11) is 0. The number of hydrogen-bond acceptors (Lipinski definition) is 7. The summed E-state index contributed by atoms with van der Waals surface area (Å²) in [5, 5.41) is 29.5. The van der Waals surface area contributed by atoms with E-state index in [0.717, 1.165) is 16.9 Å². The van der Waals surface area contributed by atoms with Crippen LogP contribution in [0.1, 0.15) is 16.0 Å². The molecule has 1 aliphatic rings. The Morgan fingerprint density at radius 2 is 1.97 bits per heavy atom. The quantitative estimate of drug-likeness (QED) is 0.517. The number of allylic oxidation sites excluding steroid dienone is 1. The zero-order valence-electron chi connectivity index (χ0n) is 14.9. The van der Waals surface area contributed by atoms with Gasteiger partial charge in [-0.1, -0.05) is 53.8 Å². The molecule has 1 aliphatic heterocycles. The van der Waals surface area contributed by atoms with E-state index in [1.165, 1.54) is 22.9 Å². The first kappa shape index (κ1) is 18.5. The van der Waals surface area contributed by atoms with Gasteiger partial charge in [0.05, 0.1) is 22.6 Å². The van der Waals surface area contributed by atoms with Crippen molar-refractivity contribution in [2.75, 3.05) is 0 Å². The smallest absolute Gasteiger partial charge is 0.310 e. The maximum Gasteiger partial charge on any atom is 0.310 e. The lowest BCUT2D eigenvalue weighted by molar-refractivity contribution is -0.384. The van der Waals surface area contributed by atoms with E-state index >= 15 is 0 Å². The van der Waals surface area contributed by atoms with E-state index in [-0.39, 0.29) is 23.0 Å². The van der Waals surface area contributed by atoms with E-state index < -0.39 is 4.92 Å². The van der Waals surface area contributed by atoms with Crippen LogP contribution in [0.5, 0.6) is 5.88 Å². The summed E-state index contributed by atoms with van der Waals surface area (Å²) in [6.07, 6.45) is 3.09. The van der Waals surface area contributed by atoms with Crippen LogP contribution < -0.4 is 4.87 Å². The average molecular weight is 406 g/mol. The minimum atomic E-state index is -0.482. The summed E-state index contributed by atoms with van der Waals surface area (Å²) in [5.74, 6) is -0.143. The Hall–Kier alpha value is -3.85. The minimum absolute atomic E-state index is 0.0574. The fourth-order valence-corrected chi connectivity index (χ4v) is 3.76. The van der Waals surface area contributed by atoms with E-state index in [0.29, 0.717) is 21.7 Å². The number of benzene rings is 2. The normalized spacial score (nSPS) is 14.3. The summed E-state index contributed by atoms with van der Waals surface area (Å²) in [4.78, 5) is 23.0. The van der Waals surface area contributed by atoms with Crippen LogP contribution in [0.4, 0.5) is 5.69 Å². The Labute approximate surface area is 168 Å². The number of thiazole rings is 1. The fourth-order valence-electron chi connectivity index (χ4n) is 2.92.